The molecule has 1 aliphatic heterocycles. The van der Waals surface area contributed by atoms with Gasteiger partial charge in [-0.25, -0.2) is 4.79 Å². The summed E-state index contributed by atoms with van der Waals surface area (Å²) in [5.41, 5.74) is 10.9. The Bertz CT molecular complexity index is 928. The number of rotatable bonds is 2. The quantitative estimate of drug-likeness (QED) is 0.761. The van der Waals surface area contributed by atoms with E-state index in [-0.39, 0.29) is 6.03 Å². The normalized spacial score (nSPS) is 13.3. The summed E-state index contributed by atoms with van der Waals surface area (Å²) in [6, 6.07) is 13.9. The fraction of sp³-hybridized carbons (Fsp3) is 0.211. The van der Waals surface area contributed by atoms with E-state index >= 15 is 0 Å². The zero-order valence-electron chi connectivity index (χ0n) is 13.6. The molecule has 4 rings (SSSR count). The Morgan fingerprint density at radius 2 is 2.12 bits per heavy atom. The molecule has 0 atom stereocenters. The Balaban J connectivity index is 1.62. The van der Waals surface area contributed by atoms with Gasteiger partial charge in [0.25, 0.3) is 0 Å². The van der Waals surface area contributed by atoms with E-state index in [4.69, 9.17) is 5.73 Å². The number of amides is 2. The molecular weight excluding hydrogens is 300 g/mol. The lowest BCUT2D eigenvalue weighted by Crippen LogP contribution is -2.33. The van der Waals surface area contributed by atoms with E-state index in [1.807, 2.05) is 42.4 Å². The molecule has 0 radical (unpaired) electrons. The van der Waals surface area contributed by atoms with Crippen LogP contribution < -0.4 is 16.0 Å². The van der Waals surface area contributed by atoms with Crippen molar-refractivity contribution in [3.05, 3.63) is 59.8 Å². The zero-order valence-corrected chi connectivity index (χ0v) is 13.6. The first-order chi connectivity index (χ1) is 11.7. The molecule has 2 aromatic carbocycles. The fourth-order valence-electron chi connectivity index (χ4n) is 3.33. The molecule has 3 N–H and O–H groups in total. The number of hydrogen-bond donors (Lipinski definition) is 2. The number of nitrogens with two attached hydrogens (primary N) is 1. The van der Waals surface area contributed by atoms with Gasteiger partial charge in [-0.1, -0.05) is 12.1 Å². The van der Waals surface area contributed by atoms with Crippen LogP contribution in [-0.2, 0) is 20.0 Å². The molecule has 5 nitrogen and oxygen atoms in total. The Morgan fingerprint density at radius 3 is 2.96 bits per heavy atom. The maximum absolute atomic E-state index is 12.7. The van der Waals surface area contributed by atoms with Gasteiger partial charge in [0, 0.05) is 48.6 Å². The van der Waals surface area contributed by atoms with E-state index in [1.54, 1.807) is 0 Å². The molecule has 0 unspecified atom stereocenters. The molecule has 24 heavy (non-hydrogen) atoms. The summed E-state index contributed by atoms with van der Waals surface area (Å²) in [6.45, 7) is 1.16. The second-order valence-corrected chi connectivity index (χ2v) is 6.20. The molecule has 5 heteroatoms. The van der Waals surface area contributed by atoms with Crippen molar-refractivity contribution in [2.45, 2.75) is 13.0 Å². The summed E-state index contributed by atoms with van der Waals surface area (Å²) in [5.74, 6) is 0. The minimum atomic E-state index is -0.0989. The van der Waals surface area contributed by atoms with Crippen molar-refractivity contribution in [1.82, 2.24) is 4.57 Å². The van der Waals surface area contributed by atoms with Crippen LogP contribution >= 0.6 is 0 Å². The molecule has 0 spiro atoms. The Morgan fingerprint density at radius 1 is 1.25 bits per heavy atom. The first-order valence-electron chi connectivity index (χ1n) is 8.11. The van der Waals surface area contributed by atoms with Crippen molar-refractivity contribution in [2.24, 2.45) is 12.8 Å². The standard InChI is InChI=1S/C19H20N4O/c1-22-7-5-14-11-18-15(10-17(14)22)6-8-23(18)19(24)21-16-4-2-3-13(9-16)12-20/h2-5,7,9-11H,6,8,12,20H2,1H3,(H,21,24). The minimum absolute atomic E-state index is 0.0989. The number of aryl methyl sites for hydroxylation is 1. The summed E-state index contributed by atoms with van der Waals surface area (Å²) >= 11 is 0. The van der Waals surface area contributed by atoms with Gasteiger partial charge in [0.05, 0.1) is 0 Å². The van der Waals surface area contributed by atoms with Gasteiger partial charge in [-0.3, -0.25) is 4.90 Å². The molecule has 1 aromatic heterocycles. The highest BCUT2D eigenvalue weighted by molar-refractivity contribution is 6.04. The van der Waals surface area contributed by atoms with Crippen LogP contribution in [0.1, 0.15) is 11.1 Å². The first kappa shape index (κ1) is 14.8. The van der Waals surface area contributed by atoms with Gasteiger partial charge in [0.15, 0.2) is 0 Å². The van der Waals surface area contributed by atoms with Crippen molar-refractivity contribution < 1.29 is 4.79 Å². The fourth-order valence-corrected chi connectivity index (χ4v) is 3.33. The van der Waals surface area contributed by atoms with Crippen molar-refractivity contribution in [1.29, 1.82) is 0 Å². The first-order valence-corrected chi connectivity index (χ1v) is 8.11. The average molecular weight is 320 g/mol. The highest BCUT2D eigenvalue weighted by Crippen LogP contribution is 2.33. The number of nitrogens with one attached hydrogen (secondary N) is 1. The van der Waals surface area contributed by atoms with Gasteiger partial charge >= 0.3 is 6.03 Å². The summed E-state index contributed by atoms with van der Waals surface area (Å²) in [5, 5.41) is 4.13. The van der Waals surface area contributed by atoms with Gasteiger partial charge in [-0.2, -0.15) is 0 Å². The van der Waals surface area contributed by atoms with Crippen molar-refractivity contribution in [2.75, 3.05) is 16.8 Å². The molecular formula is C19H20N4O. The van der Waals surface area contributed by atoms with Crippen LogP contribution in [0.4, 0.5) is 16.2 Å². The highest BCUT2D eigenvalue weighted by Gasteiger charge is 2.25. The molecule has 2 amide bonds. The van der Waals surface area contributed by atoms with Gasteiger partial charge < -0.3 is 15.6 Å². The van der Waals surface area contributed by atoms with E-state index < -0.39 is 0 Å². The number of anilines is 2. The monoisotopic (exact) mass is 320 g/mol. The van der Waals surface area contributed by atoms with Crippen LogP contribution in [0.2, 0.25) is 0 Å². The number of aromatic nitrogens is 1. The zero-order chi connectivity index (χ0) is 16.7. The number of urea groups is 1. The van der Waals surface area contributed by atoms with E-state index in [1.165, 1.54) is 11.1 Å². The largest absolute Gasteiger partial charge is 0.351 e. The maximum Gasteiger partial charge on any atom is 0.326 e. The number of carbonyl (C=O) groups is 1. The van der Waals surface area contributed by atoms with Gasteiger partial charge in [-0.05, 0) is 47.9 Å². The number of nitrogens with zero attached hydrogens (tertiary/aromatic N) is 2. The molecule has 0 saturated heterocycles. The molecule has 2 heterocycles. The van der Waals surface area contributed by atoms with Crippen LogP contribution in [-0.4, -0.2) is 17.1 Å². The van der Waals surface area contributed by atoms with Crippen molar-refractivity contribution in [3.63, 3.8) is 0 Å². The van der Waals surface area contributed by atoms with Crippen LogP contribution in [0.25, 0.3) is 10.9 Å². The van der Waals surface area contributed by atoms with E-state index in [2.05, 4.69) is 28.1 Å². The Labute approximate surface area is 140 Å². The third-order valence-corrected chi connectivity index (χ3v) is 4.64. The summed E-state index contributed by atoms with van der Waals surface area (Å²) in [6.07, 6.45) is 2.93. The van der Waals surface area contributed by atoms with E-state index in [0.717, 1.165) is 28.7 Å². The summed E-state index contributed by atoms with van der Waals surface area (Å²) < 4.78 is 2.11. The molecule has 0 saturated carbocycles. The highest BCUT2D eigenvalue weighted by atomic mass is 16.2. The van der Waals surface area contributed by atoms with Gasteiger partial charge in [-0.15, -0.1) is 0 Å². The maximum atomic E-state index is 12.7. The minimum Gasteiger partial charge on any atom is -0.351 e. The summed E-state index contributed by atoms with van der Waals surface area (Å²) in [4.78, 5) is 14.5. The third kappa shape index (κ3) is 2.43. The van der Waals surface area contributed by atoms with Crippen LogP contribution in [0.15, 0.2) is 48.7 Å². The topological polar surface area (TPSA) is 63.3 Å². The van der Waals surface area contributed by atoms with Gasteiger partial charge in [0.2, 0.25) is 0 Å². The lowest BCUT2D eigenvalue weighted by molar-refractivity contribution is 0.257. The Kier molecular flexibility index (Phi) is 3.50. The molecule has 0 bridgehead atoms. The number of carbonyl (C=O) groups excluding carboxylic acids is 1. The van der Waals surface area contributed by atoms with E-state index in [0.29, 0.717) is 13.1 Å². The lowest BCUT2D eigenvalue weighted by atomic mass is 10.1. The predicted molar refractivity (Wildman–Crippen MR) is 97.3 cm³/mol. The second-order valence-electron chi connectivity index (χ2n) is 6.20. The van der Waals surface area contributed by atoms with Crippen molar-refractivity contribution in [3.8, 4) is 0 Å². The number of hydrogen-bond acceptors (Lipinski definition) is 2. The smallest absolute Gasteiger partial charge is 0.326 e. The van der Waals surface area contributed by atoms with Crippen LogP contribution in [0.3, 0.4) is 0 Å². The number of benzene rings is 2. The SMILES string of the molecule is Cn1ccc2cc3c(cc21)CCN3C(=O)Nc1cccc(CN)c1. The van der Waals surface area contributed by atoms with Crippen LogP contribution in [0.5, 0.6) is 0 Å². The molecule has 0 aliphatic carbocycles. The van der Waals surface area contributed by atoms with Gasteiger partial charge in [0.1, 0.15) is 0 Å². The number of fused-ring (bicyclic) bond motifs is 2. The third-order valence-electron chi connectivity index (χ3n) is 4.64. The predicted octanol–water partition coefficient (Wildman–Crippen LogP) is 3.23. The molecule has 1 aliphatic rings. The molecule has 3 aromatic rings. The van der Waals surface area contributed by atoms with Crippen LogP contribution in [0, 0.1) is 0 Å². The lowest BCUT2D eigenvalue weighted by Gasteiger charge is -2.18. The molecule has 0 fully saturated rings. The average Bonchev–Trinajstić information content (AvgIpc) is 3.17. The Hall–Kier alpha value is -2.79. The summed E-state index contributed by atoms with van der Waals surface area (Å²) in [7, 11) is 2.04. The molecule has 122 valence electrons. The van der Waals surface area contributed by atoms with E-state index in [9.17, 15) is 4.79 Å². The van der Waals surface area contributed by atoms with Crippen molar-refractivity contribution >= 4 is 28.3 Å². The second kappa shape index (κ2) is 5.69.